The van der Waals surface area contributed by atoms with E-state index in [2.05, 4.69) is 0 Å². The van der Waals surface area contributed by atoms with Gasteiger partial charge in [0.25, 0.3) is 11.8 Å². The minimum Gasteiger partial charge on any atom is -0.327 e. The van der Waals surface area contributed by atoms with Crippen molar-refractivity contribution in [2.75, 3.05) is 13.1 Å². The van der Waals surface area contributed by atoms with E-state index < -0.39 is 11.8 Å². The maximum atomic E-state index is 12.4. The monoisotopic (exact) mass is 234 g/mol. The Morgan fingerprint density at radius 3 is 2.18 bits per heavy atom. The maximum Gasteiger partial charge on any atom is 0.261 e. The van der Waals surface area contributed by atoms with E-state index in [1.165, 1.54) is 0 Å². The van der Waals surface area contributed by atoms with E-state index in [1.807, 2.05) is 0 Å². The summed E-state index contributed by atoms with van der Waals surface area (Å²) in [5, 5.41) is 0. The summed E-state index contributed by atoms with van der Waals surface area (Å²) in [6.07, 6.45) is 0.337. The van der Waals surface area contributed by atoms with Gasteiger partial charge in [0.2, 0.25) is 0 Å². The Hall–Kier alpha value is -2.01. The fourth-order valence-corrected chi connectivity index (χ4v) is 1.73. The van der Waals surface area contributed by atoms with E-state index in [0.717, 1.165) is 4.90 Å². The summed E-state index contributed by atoms with van der Waals surface area (Å²) in [5.41, 5.74) is 6.22. The summed E-state index contributed by atoms with van der Waals surface area (Å²) in [7, 11) is 0. The quantitative estimate of drug-likeness (QED) is 0.796. The predicted molar refractivity (Wildman–Crippen MR) is 60.1 cm³/mol. The van der Waals surface area contributed by atoms with E-state index in [1.54, 1.807) is 24.3 Å². The molecule has 2 rings (SSSR count). The number of benzene rings is 1. The number of hydrogen-bond donors (Lipinski definition) is 1. The van der Waals surface area contributed by atoms with Gasteiger partial charge in [0.1, 0.15) is 0 Å². The van der Waals surface area contributed by atoms with Crippen LogP contribution in [0.15, 0.2) is 36.2 Å². The molecule has 0 bridgehead atoms. The molecular formula is C12H11FN2O2. The Labute approximate surface area is 97.5 Å². The molecular weight excluding hydrogens is 223 g/mol. The van der Waals surface area contributed by atoms with Crippen LogP contribution in [-0.4, -0.2) is 29.8 Å². The van der Waals surface area contributed by atoms with Crippen molar-refractivity contribution in [2.45, 2.75) is 0 Å². The lowest BCUT2D eigenvalue weighted by Crippen LogP contribution is -2.33. The van der Waals surface area contributed by atoms with Crippen molar-refractivity contribution in [1.82, 2.24) is 4.90 Å². The molecule has 0 spiro atoms. The molecule has 1 aromatic rings. The van der Waals surface area contributed by atoms with Gasteiger partial charge in [-0.15, -0.1) is 0 Å². The van der Waals surface area contributed by atoms with Crippen LogP contribution in [0.1, 0.15) is 20.7 Å². The third-order valence-corrected chi connectivity index (χ3v) is 2.66. The van der Waals surface area contributed by atoms with Crippen molar-refractivity contribution in [1.29, 1.82) is 0 Å². The number of hydrogen-bond acceptors (Lipinski definition) is 3. The number of halogens is 1. The molecule has 0 radical (unpaired) electrons. The molecule has 0 atom stereocenters. The summed E-state index contributed by atoms with van der Waals surface area (Å²) in [6, 6.07) is 6.53. The molecule has 2 N–H and O–H groups in total. The van der Waals surface area contributed by atoms with Gasteiger partial charge >= 0.3 is 0 Å². The molecule has 0 saturated carbocycles. The lowest BCUT2D eigenvalue weighted by molar-refractivity contribution is 0.0667. The molecule has 0 aliphatic carbocycles. The number of nitrogens with two attached hydrogens (primary N) is 1. The van der Waals surface area contributed by atoms with Gasteiger partial charge in [-0.2, -0.15) is 0 Å². The first kappa shape index (κ1) is 11.5. The number of carbonyl (C=O) groups excluding carboxylic acids is 2. The van der Waals surface area contributed by atoms with Gasteiger partial charge in [-0.1, -0.05) is 12.1 Å². The van der Waals surface area contributed by atoms with Crippen molar-refractivity contribution in [3.63, 3.8) is 0 Å². The summed E-state index contributed by atoms with van der Waals surface area (Å²) >= 11 is 0. The van der Waals surface area contributed by atoms with Crippen molar-refractivity contribution in [3.05, 3.63) is 47.3 Å². The maximum absolute atomic E-state index is 12.4. The number of rotatable bonds is 3. The third-order valence-electron chi connectivity index (χ3n) is 2.66. The van der Waals surface area contributed by atoms with E-state index in [0.29, 0.717) is 17.5 Å². The zero-order valence-electron chi connectivity index (χ0n) is 9.02. The van der Waals surface area contributed by atoms with Crippen LogP contribution in [0.5, 0.6) is 0 Å². The van der Waals surface area contributed by atoms with Gasteiger partial charge in [-0.25, -0.2) is 4.39 Å². The molecule has 1 aliphatic rings. The van der Waals surface area contributed by atoms with Crippen LogP contribution >= 0.6 is 0 Å². The number of amides is 2. The highest BCUT2D eigenvalue weighted by Crippen LogP contribution is 2.22. The molecule has 0 unspecified atom stereocenters. The molecule has 17 heavy (non-hydrogen) atoms. The molecule has 0 saturated heterocycles. The lowest BCUT2D eigenvalue weighted by atomic mass is 10.1. The largest absolute Gasteiger partial charge is 0.327 e. The lowest BCUT2D eigenvalue weighted by Gasteiger charge is -2.14. The second kappa shape index (κ2) is 4.47. The average molecular weight is 234 g/mol. The molecule has 1 aliphatic heterocycles. The van der Waals surface area contributed by atoms with Crippen LogP contribution < -0.4 is 5.73 Å². The van der Waals surface area contributed by atoms with E-state index >= 15 is 0 Å². The summed E-state index contributed by atoms with van der Waals surface area (Å²) in [4.78, 5) is 24.8. The Morgan fingerprint density at radius 2 is 1.76 bits per heavy atom. The Kier molecular flexibility index (Phi) is 3.01. The van der Waals surface area contributed by atoms with Gasteiger partial charge in [0.15, 0.2) is 0 Å². The molecule has 2 amide bonds. The molecule has 1 aromatic carbocycles. The molecule has 0 fully saturated rings. The van der Waals surface area contributed by atoms with E-state index in [9.17, 15) is 14.0 Å². The first-order valence-electron chi connectivity index (χ1n) is 5.12. The Bertz CT molecular complexity index is 476. The van der Waals surface area contributed by atoms with Crippen molar-refractivity contribution >= 4 is 11.8 Å². The van der Waals surface area contributed by atoms with Crippen LogP contribution in [0, 0.1) is 0 Å². The Balaban J connectivity index is 2.30. The summed E-state index contributed by atoms with van der Waals surface area (Å²) in [6.45, 7) is -0.122. The zero-order valence-corrected chi connectivity index (χ0v) is 9.02. The molecule has 88 valence electrons. The number of carbonyl (C=O) groups is 2. The smallest absolute Gasteiger partial charge is 0.261 e. The first-order valence-corrected chi connectivity index (χ1v) is 5.12. The fourth-order valence-electron chi connectivity index (χ4n) is 1.73. The highest BCUT2D eigenvalue weighted by molar-refractivity contribution is 6.21. The Morgan fingerprint density at radius 1 is 1.24 bits per heavy atom. The summed E-state index contributed by atoms with van der Waals surface area (Å²) in [5.74, 6) is -0.809. The number of nitrogens with zero attached hydrogens (tertiary/aromatic N) is 1. The van der Waals surface area contributed by atoms with Crippen molar-refractivity contribution in [2.24, 2.45) is 5.73 Å². The van der Waals surface area contributed by atoms with Crippen molar-refractivity contribution < 1.29 is 14.0 Å². The standard InChI is InChI=1S/C12H11FN2O2/c13-5-8(6-14)7-15-11(16)9-3-1-2-4-10(9)12(15)17/h1-5H,6-7,14H2/b8-5-. The average Bonchev–Trinajstić information content (AvgIpc) is 2.61. The van der Waals surface area contributed by atoms with E-state index in [4.69, 9.17) is 5.73 Å². The number of fused-ring (bicyclic) bond motifs is 1. The van der Waals surface area contributed by atoms with Crippen LogP contribution in [0.3, 0.4) is 0 Å². The topological polar surface area (TPSA) is 63.4 Å². The fraction of sp³-hybridized carbons (Fsp3) is 0.167. The van der Waals surface area contributed by atoms with Crippen LogP contribution in [0.4, 0.5) is 4.39 Å². The third kappa shape index (κ3) is 1.85. The highest BCUT2D eigenvalue weighted by Gasteiger charge is 2.35. The first-order chi connectivity index (χ1) is 8.19. The zero-order chi connectivity index (χ0) is 12.4. The SMILES string of the molecule is NC/C(=C/F)CN1C(=O)c2ccccc2C1=O. The highest BCUT2D eigenvalue weighted by atomic mass is 19.1. The molecule has 0 aromatic heterocycles. The van der Waals surface area contributed by atoms with Crippen LogP contribution in [0.25, 0.3) is 0 Å². The van der Waals surface area contributed by atoms with Gasteiger partial charge in [-0.3, -0.25) is 14.5 Å². The van der Waals surface area contributed by atoms with Crippen LogP contribution in [-0.2, 0) is 0 Å². The molecule has 1 heterocycles. The second-order valence-corrected chi connectivity index (χ2v) is 3.71. The molecule has 5 heteroatoms. The van der Waals surface area contributed by atoms with Crippen molar-refractivity contribution in [3.8, 4) is 0 Å². The number of imide groups is 1. The van der Waals surface area contributed by atoms with E-state index in [-0.39, 0.29) is 18.7 Å². The summed E-state index contributed by atoms with van der Waals surface area (Å²) < 4.78 is 12.4. The predicted octanol–water partition coefficient (Wildman–Crippen LogP) is 1.09. The molecule has 4 nitrogen and oxygen atoms in total. The van der Waals surface area contributed by atoms with Gasteiger partial charge in [0, 0.05) is 6.54 Å². The second-order valence-electron chi connectivity index (χ2n) is 3.71. The minimum atomic E-state index is -0.404. The van der Waals surface area contributed by atoms with Gasteiger partial charge < -0.3 is 5.73 Å². The normalized spacial score (nSPS) is 15.4. The van der Waals surface area contributed by atoms with Gasteiger partial charge in [0.05, 0.1) is 24.0 Å². The minimum absolute atomic E-state index is 0.0239. The van der Waals surface area contributed by atoms with Crippen LogP contribution in [0.2, 0.25) is 0 Å². The van der Waals surface area contributed by atoms with Gasteiger partial charge in [-0.05, 0) is 17.7 Å².